The van der Waals surface area contributed by atoms with Gasteiger partial charge in [-0.25, -0.2) is 4.39 Å². The fourth-order valence-corrected chi connectivity index (χ4v) is 2.68. The number of halogens is 3. The molecule has 0 aliphatic heterocycles. The van der Waals surface area contributed by atoms with Gasteiger partial charge in [0.2, 0.25) is 0 Å². The van der Waals surface area contributed by atoms with Gasteiger partial charge in [0, 0.05) is 6.54 Å². The minimum absolute atomic E-state index is 0.0890. The molecule has 2 aromatic rings. The van der Waals surface area contributed by atoms with E-state index in [-0.39, 0.29) is 5.02 Å². The molecule has 0 aliphatic rings. The fourth-order valence-electron chi connectivity index (χ4n) is 2.02. The first-order valence-electron chi connectivity index (χ1n) is 6.46. The fraction of sp³-hybridized carbons (Fsp3) is 0.357. The molecule has 0 aliphatic carbocycles. The van der Waals surface area contributed by atoms with Gasteiger partial charge in [-0.3, -0.25) is 4.68 Å². The second kappa shape index (κ2) is 6.87. The van der Waals surface area contributed by atoms with Crippen LogP contribution in [0.1, 0.15) is 17.3 Å². The number of hydrogen-bond acceptors (Lipinski definition) is 3. The highest BCUT2D eigenvalue weighted by Gasteiger charge is 2.19. The number of hydrogen-bond donors (Lipinski definition) is 1. The molecule has 0 bridgehead atoms. The molecule has 4 nitrogen and oxygen atoms in total. The van der Waals surface area contributed by atoms with Crippen molar-refractivity contribution in [2.45, 2.75) is 12.6 Å². The summed E-state index contributed by atoms with van der Waals surface area (Å²) in [5.74, 6) is -0.472. The maximum atomic E-state index is 13.6. The molecule has 1 atom stereocenters. The van der Waals surface area contributed by atoms with Crippen LogP contribution in [0.5, 0.6) is 0 Å². The molecule has 114 valence electrons. The summed E-state index contributed by atoms with van der Waals surface area (Å²) in [6, 6.07) is 4.13. The highest BCUT2D eigenvalue weighted by atomic mass is 79.9. The van der Waals surface area contributed by atoms with E-state index in [4.69, 9.17) is 17.3 Å². The van der Waals surface area contributed by atoms with Gasteiger partial charge >= 0.3 is 0 Å². The number of aromatic nitrogens is 2. The monoisotopic (exact) mass is 374 g/mol. The van der Waals surface area contributed by atoms with E-state index in [1.165, 1.54) is 12.1 Å². The van der Waals surface area contributed by atoms with E-state index < -0.39 is 11.9 Å². The normalized spacial score (nSPS) is 12.9. The molecule has 0 saturated carbocycles. The molecule has 7 heteroatoms. The second-order valence-corrected chi connectivity index (χ2v) is 6.32. The Labute approximate surface area is 136 Å². The van der Waals surface area contributed by atoms with Gasteiger partial charge in [0.25, 0.3) is 0 Å². The molecule has 0 spiro atoms. The number of nitrogens with zero attached hydrogens (tertiary/aromatic N) is 3. The number of benzene rings is 1. The third-order valence-corrected chi connectivity index (χ3v) is 4.11. The Morgan fingerprint density at radius 3 is 2.81 bits per heavy atom. The van der Waals surface area contributed by atoms with Crippen molar-refractivity contribution in [3.63, 3.8) is 0 Å². The summed E-state index contributed by atoms with van der Waals surface area (Å²) in [5, 5.41) is 4.41. The molecule has 2 N–H and O–H groups in total. The van der Waals surface area contributed by atoms with Gasteiger partial charge in [-0.15, -0.1) is 0 Å². The van der Waals surface area contributed by atoms with Crippen molar-refractivity contribution >= 4 is 27.5 Å². The first kappa shape index (κ1) is 16.4. The van der Waals surface area contributed by atoms with Crippen LogP contribution in [0.15, 0.2) is 28.9 Å². The third-order valence-electron chi connectivity index (χ3n) is 3.19. The Hall–Kier alpha value is -0.950. The summed E-state index contributed by atoms with van der Waals surface area (Å²) in [6.07, 6.45) is 1.71. The summed E-state index contributed by atoms with van der Waals surface area (Å²) in [6.45, 7) is 1.54. The average molecular weight is 376 g/mol. The minimum atomic E-state index is -0.476. The minimum Gasteiger partial charge on any atom is -0.319 e. The molecule has 1 aromatic carbocycles. The lowest BCUT2D eigenvalue weighted by Crippen LogP contribution is -2.23. The molecule has 0 amide bonds. The molecule has 0 radical (unpaired) electrons. The van der Waals surface area contributed by atoms with Gasteiger partial charge in [0.05, 0.1) is 34.0 Å². The van der Waals surface area contributed by atoms with E-state index >= 15 is 0 Å². The van der Waals surface area contributed by atoms with E-state index in [1.807, 2.05) is 18.8 Å². The predicted octanol–water partition coefficient (Wildman–Crippen LogP) is 3.05. The second-order valence-electron chi connectivity index (χ2n) is 5.06. The summed E-state index contributed by atoms with van der Waals surface area (Å²) in [4.78, 5) is 2.06. The topological polar surface area (TPSA) is 47.1 Å². The Balaban J connectivity index is 2.31. The standard InChI is InChI=1S/C14H17BrClFN4/c1-20(2)5-6-21-14(10(15)8-19-21)13(18)9-3-4-11(16)12(17)7-9/h3-4,7-8,13H,5-6,18H2,1-2H3. The van der Waals surface area contributed by atoms with E-state index in [0.29, 0.717) is 12.1 Å². The lowest BCUT2D eigenvalue weighted by atomic mass is 10.0. The van der Waals surface area contributed by atoms with Crippen LogP contribution in [0.3, 0.4) is 0 Å². The third kappa shape index (κ3) is 3.83. The van der Waals surface area contributed by atoms with Crippen molar-refractivity contribution in [1.82, 2.24) is 14.7 Å². The van der Waals surface area contributed by atoms with Gasteiger partial charge in [-0.2, -0.15) is 5.10 Å². The van der Waals surface area contributed by atoms with E-state index in [0.717, 1.165) is 16.7 Å². The van der Waals surface area contributed by atoms with Crippen LogP contribution in [0, 0.1) is 5.82 Å². The maximum absolute atomic E-state index is 13.6. The van der Waals surface area contributed by atoms with Gasteiger partial charge in [-0.05, 0) is 47.7 Å². The average Bonchev–Trinajstić information content (AvgIpc) is 2.80. The predicted molar refractivity (Wildman–Crippen MR) is 85.9 cm³/mol. The van der Waals surface area contributed by atoms with Crippen LogP contribution in [0.2, 0.25) is 5.02 Å². The Morgan fingerprint density at radius 1 is 1.48 bits per heavy atom. The van der Waals surface area contributed by atoms with E-state index in [2.05, 4.69) is 25.9 Å². The van der Waals surface area contributed by atoms with Crippen molar-refractivity contribution < 1.29 is 4.39 Å². The van der Waals surface area contributed by atoms with Crippen molar-refractivity contribution in [2.24, 2.45) is 5.73 Å². The Morgan fingerprint density at radius 2 is 2.19 bits per heavy atom. The van der Waals surface area contributed by atoms with E-state index in [9.17, 15) is 4.39 Å². The molecule has 0 saturated heterocycles. The number of nitrogens with two attached hydrogens (primary N) is 1. The zero-order valence-electron chi connectivity index (χ0n) is 11.9. The van der Waals surface area contributed by atoms with Gasteiger partial charge in [0.1, 0.15) is 5.82 Å². The quantitative estimate of drug-likeness (QED) is 0.874. The summed E-state index contributed by atoms with van der Waals surface area (Å²) in [7, 11) is 3.99. The zero-order chi connectivity index (χ0) is 15.6. The van der Waals surface area contributed by atoms with Crippen LogP contribution in [-0.4, -0.2) is 35.3 Å². The Bertz CT molecular complexity index is 629. The molecule has 0 fully saturated rings. The molecule has 1 unspecified atom stereocenters. The lowest BCUT2D eigenvalue weighted by molar-refractivity contribution is 0.368. The van der Waals surface area contributed by atoms with Crippen molar-refractivity contribution in [2.75, 3.05) is 20.6 Å². The molecule has 1 aromatic heterocycles. The first-order valence-corrected chi connectivity index (χ1v) is 7.63. The first-order chi connectivity index (χ1) is 9.90. The highest BCUT2D eigenvalue weighted by Crippen LogP contribution is 2.28. The molecular weight excluding hydrogens is 359 g/mol. The van der Waals surface area contributed by atoms with Crippen LogP contribution in [0.4, 0.5) is 4.39 Å². The zero-order valence-corrected chi connectivity index (χ0v) is 14.2. The summed E-state index contributed by atoms with van der Waals surface area (Å²) < 4.78 is 16.3. The smallest absolute Gasteiger partial charge is 0.142 e. The van der Waals surface area contributed by atoms with E-state index in [1.54, 1.807) is 12.3 Å². The maximum Gasteiger partial charge on any atom is 0.142 e. The van der Waals surface area contributed by atoms with Crippen LogP contribution < -0.4 is 5.73 Å². The van der Waals surface area contributed by atoms with Crippen molar-refractivity contribution in [1.29, 1.82) is 0 Å². The molecule has 1 heterocycles. The van der Waals surface area contributed by atoms with Crippen LogP contribution in [-0.2, 0) is 6.54 Å². The summed E-state index contributed by atoms with van der Waals surface area (Å²) >= 11 is 9.17. The molecular formula is C14H17BrClFN4. The molecule has 21 heavy (non-hydrogen) atoms. The SMILES string of the molecule is CN(C)CCn1ncc(Br)c1C(N)c1ccc(Cl)c(F)c1. The number of rotatable bonds is 5. The van der Waals surface area contributed by atoms with Gasteiger partial charge < -0.3 is 10.6 Å². The van der Waals surface area contributed by atoms with Crippen LogP contribution >= 0.6 is 27.5 Å². The largest absolute Gasteiger partial charge is 0.319 e. The van der Waals surface area contributed by atoms with Gasteiger partial charge in [0.15, 0.2) is 0 Å². The van der Waals surface area contributed by atoms with Crippen LogP contribution in [0.25, 0.3) is 0 Å². The van der Waals surface area contributed by atoms with Crippen molar-refractivity contribution in [3.8, 4) is 0 Å². The summed E-state index contributed by atoms with van der Waals surface area (Å²) in [5.41, 5.74) is 7.75. The lowest BCUT2D eigenvalue weighted by Gasteiger charge is -2.17. The number of likely N-dealkylation sites (N-methyl/N-ethyl adjacent to an activating group) is 1. The Kier molecular flexibility index (Phi) is 5.37. The molecule has 2 rings (SSSR count). The highest BCUT2D eigenvalue weighted by molar-refractivity contribution is 9.10. The van der Waals surface area contributed by atoms with Gasteiger partial charge in [-0.1, -0.05) is 17.7 Å². The van der Waals surface area contributed by atoms with Crippen molar-refractivity contribution in [3.05, 3.63) is 51.0 Å².